The van der Waals surface area contributed by atoms with Crippen molar-refractivity contribution >= 4 is 46.4 Å². The van der Waals surface area contributed by atoms with E-state index < -0.39 is 0 Å². The van der Waals surface area contributed by atoms with Crippen LogP contribution in [0.1, 0.15) is 32.3 Å². The van der Waals surface area contributed by atoms with Crippen LogP contribution in [0.5, 0.6) is 0 Å². The second-order valence-corrected chi connectivity index (χ2v) is 9.29. The zero-order valence-corrected chi connectivity index (χ0v) is 20.1. The molecule has 8 heteroatoms. The highest BCUT2D eigenvalue weighted by Gasteiger charge is 2.34. The molecule has 3 rings (SSSR count). The Morgan fingerprint density at radius 2 is 1.94 bits per heavy atom. The molecule has 0 amide bonds. The molecule has 0 saturated carbocycles. The van der Waals surface area contributed by atoms with Gasteiger partial charge in [0, 0.05) is 35.5 Å². The van der Waals surface area contributed by atoms with E-state index in [0.717, 1.165) is 46.7 Å². The molecule has 1 aliphatic carbocycles. The van der Waals surface area contributed by atoms with E-state index in [9.17, 15) is 0 Å². The van der Waals surface area contributed by atoms with Gasteiger partial charge in [-0.2, -0.15) is 0 Å². The van der Waals surface area contributed by atoms with E-state index in [-0.39, 0.29) is 16.2 Å². The quantitative estimate of drug-likeness (QED) is 0.123. The molecule has 1 aromatic rings. The van der Waals surface area contributed by atoms with Gasteiger partial charge in [0.2, 0.25) is 0 Å². The SMILES string of the molecule is [C-]#[N+]C1=NN(OOC=C)C(=S)/C1=C\C1=C(Cl)C(=C/c2ccc(N(C)C)cc2)/CC(C)(C)C1. The lowest BCUT2D eigenvalue weighted by atomic mass is 9.74. The number of hydrazone groups is 1. The van der Waals surface area contributed by atoms with Crippen molar-refractivity contribution in [3.05, 3.63) is 81.9 Å². The normalized spacial score (nSPS) is 20.4. The molecule has 0 spiro atoms. The Balaban J connectivity index is 1.99. The van der Waals surface area contributed by atoms with E-state index in [1.165, 1.54) is 0 Å². The van der Waals surface area contributed by atoms with Gasteiger partial charge in [0.1, 0.15) is 6.26 Å². The second-order valence-electron chi connectivity index (χ2n) is 8.52. The molecule has 0 bridgehead atoms. The number of halogens is 1. The van der Waals surface area contributed by atoms with Crippen LogP contribution in [0.25, 0.3) is 10.9 Å². The van der Waals surface area contributed by atoms with Crippen molar-refractivity contribution in [3.63, 3.8) is 0 Å². The summed E-state index contributed by atoms with van der Waals surface area (Å²) in [5.74, 6) is 0.118. The molecular formula is C24H25ClN4O2S. The lowest BCUT2D eigenvalue weighted by Crippen LogP contribution is -2.21. The second kappa shape index (κ2) is 9.70. The van der Waals surface area contributed by atoms with Gasteiger partial charge in [-0.1, -0.05) is 75.1 Å². The van der Waals surface area contributed by atoms with Crippen molar-refractivity contribution in [2.45, 2.75) is 26.7 Å². The molecule has 1 aromatic carbocycles. The molecule has 0 atom stereocenters. The zero-order valence-electron chi connectivity index (χ0n) is 18.6. The van der Waals surface area contributed by atoms with E-state index in [1.54, 1.807) is 0 Å². The summed E-state index contributed by atoms with van der Waals surface area (Å²) in [4.78, 5) is 15.4. The van der Waals surface area contributed by atoms with Crippen LogP contribution < -0.4 is 4.90 Å². The minimum Gasteiger partial charge on any atom is -0.378 e. The molecule has 32 heavy (non-hydrogen) atoms. The van der Waals surface area contributed by atoms with E-state index in [1.807, 2.05) is 20.2 Å². The van der Waals surface area contributed by atoms with E-state index in [4.69, 9.17) is 40.3 Å². The molecule has 6 nitrogen and oxygen atoms in total. The van der Waals surface area contributed by atoms with Crippen molar-refractivity contribution in [1.29, 1.82) is 0 Å². The third-order valence-electron chi connectivity index (χ3n) is 5.09. The topological polar surface area (TPSA) is 41.7 Å². The van der Waals surface area contributed by atoms with Crippen LogP contribution in [0.15, 0.2) is 70.0 Å². The molecular weight excluding hydrogens is 444 g/mol. The Hall–Kier alpha value is -2.92. The fourth-order valence-electron chi connectivity index (χ4n) is 3.64. The number of hydroxylamine groups is 1. The predicted octanol–water partition coefficient (Wildman–Crippen LogP) is 6.26. The lowest BCUT2D eigenvalue weighted by Gasteiger charge is -2.32. The summed E-state index contributed by atoms with van der Waals surface area (Å²) in [7, 11) is 4.03. The maximum absolute atomic E-state index is 7.46. The summed E-state index contributed by atoms with van der Waals surface area (Å²) in [6.45, 7) is 15.3. The van der Waals surface area contributed by atoms with Gasteiger partial charge in [-0.05, 0) is 57.3 Å². The average molecular weight is 469 g/mol. The van der Waals surface area contributed by atoms with Gasteiger partial charge in [-0.15, -0.1) is 0 Å². The highest BCUT2D eigenvalue weighted by Crippen LogP contribution is 2.45. The standard InChI is InChI=1S/C24H25ClN4O2S/c1-7-30-31-29-23(32)20(22(26-4)27-29)13-18-15-24(2,3)14-17(21(18)25)12-16-8-10-19(11-9-16)28(5)6/h7-13H,1,14-15H2,2-3,5-6H3/b17-12+,20-13-. The Morgan fingerprint density at radius 3 is 2.53 bits per heavy atom. The molecule has 2 aliphatic rings. The van der Waals surface area contributed by atoms with Gasteiger partial charge < -0.3 is 14.6 Å². The van der Waals surface area contributed by atoms with Crippen LogP contribution in [0.2, 0.25) is 0 Å². The maximum atomic E-state index is 7.46. The first-order valence-corrected chi connectivity index (χ1v) is 10.8. The summed E-state index contributed by atoms with van der Waals surface area (Å²) >= 11 is 12.3. The van der Waals surface area contributed by atoms with E-state index in [2.05, 4.69) is 65.6 Å². The summed E-state index contributed by atoms with van der Waals surface area (Å²) in [6.07, 6.45) is 6.63. The van der Waals surface area contributed by atoms with E-state index >= 15 is 0 Å². The Kier molecular flexibility index (Phi) is 7.19. The highest BCUT2D eigenvalue weighted by atomic mass is 35.5. The lowest BCUT2D eigenvalue weighted by molar-refractivity contribution is -0.367. The number of hydrogen-bond donors (Lipinski definition) is 0. The van der Waals surface area contributed by atoms with Crippen molar-refractivity contribution in [2.24, 2.45) is 10.5 Å². The Morgan fingerprint density at radius 1 is 1.25 bits per heavy atom. The van der Waals surface area contributed by atoms with Crippen LogP contribution in [0.3, 0.4) is 0 Å². The van der Waals surface area contributed by atoms with Crippen LogP contribution in [0, 0.1) is 12.0 Å². The third kappa shape index (κ3) is 5.28. The molecule has 0 N–H and O–H groups in total. The molecule has 0 saturated heterocycles. The molecule has 1 heterocycles. The molecule has 1 aliphatic heterocycles. The minimum atomic E-state index is -0.0159. The first kappa shape index (κ1) is 23.7. The van der Waals surface area contributed by atoms with Crippen molar-refractivity contribution in [1.82, 2.24) is 5.17 Å². The highest BCUT2D eigenvalue weighted by molar-refractivity contribution is 7.80. The van der Waals surface area contributed by atoms with Crippen LogP contribution in [0.4, 0.5) is 5.69 Å². The van der Waals surface area contributed by atoms with Crippen LogP contribution in [-0.4, -0.2) is 30.1 Å². The fourth-order valence-corrected chi connectivity index (χ4v) is 4.11. The van der Waals surface area contributed by atoms with Gasteiger partial charge in [-0.3, -0.25) is 0 Å². The predicted molar refractivity (Wildman–Crippen MR) is 134 cm³/mol. The van der Waals surface area contributed by atoms with Crippen LogP contribution in [-0.2, 0) is 9.88 Å². The number of rotatable bonds is 6. The van der Waals surface area contributed by atoms with Crippen molar-refractivity contribution in [2.75, 3.05) is 19.0 Å². The number of amidine groups is 1. The monoisotopic (exact) mass is 468 g/mol. The maximum Gasteiger partial charge on any atom is 0.307 e. The fraction of sp³-hybridized carbons (Fsp3) is 0.292. The summed E-state index contributed by atoms with van der Waals surface area (Å²) < 4.78 is 0. The Bertz CT molecular complexity index is 1090. The first-order chi connectivity index (χ1) is 15.1. The first-order valence-electron chi connectivity index (χ1n) is 9.99. The third-order valence-corrected chi connectivity index (χ3v) is 5.95. The van der Waals surface area contributed by atoms with Crippen LogP contribution >= 0.6 is 23.8 Å². The number of hydrogen-bond acceptors (Lipinski definition) is 5. The largest absolute Gasteiger partial charge is 0.378 e. The summed E-state index contributed by atoms with van der Waals surface area (Å²) in [5, 5.41) is 5.71. The number of anilines is 1. The van der Waals surface area contributed by atoms with Crippen molar-refractivity contribution < 1.29 is 9.88 Å². The smallest absolute Gasteiger partial charge is 0.307 e. The summed E-state index contributed by atoms with van der Waals surface area (Å²) in [5.41, 5.74) is 4.62. The number of thiocarbonyl (C=S) groups is 1. The van der Waals surface area contributed by atoms with Gasteiger partial charge in [-0.25, -0.2) is 0 Å². The van der Waals surface area contributed by atoms with Gasteiger partial charge >= 0.3 is 5.84 Å². The van der Waals surface area contributed by atoms with Gasteiger partial charge in [0.15, 0.2) is 4.99 Å². The molecule has 166 valence electrons. The van der Waals surface area contributed by atoms with Gasteiger partial charge in [0.25, 0.3) is 0 Å². The number of nitrogens with zero attached hydrogens (tertiary/aromatic N) is 4. The zero-order chi connectivity index (χ0) is 23.5. The number of benzene rings is 1. The summed E-state index contributed by atoms with van der Waals surface area (Å²) in [6, 6.07) is 8.32. The van der Waals surface area contributed by atoms with Gasteiger partial charge in [0.05, 0.1) is 0 Å². The molecule has 0 radical (unpaired) electrons. The van der Waals surface area contributed by atoms with Crippen molar-refractivity contribution in [3.8, 4) is 0 Å². The molecule has 0 fully saturated rings. The number of allylic oxidation sites excluding steroid dienone is 4. The minimum absolute atomic E-state index is 0.0159. The Labute approximate surface area is 199 Å². The average Bonchev–Trinajstić information content (AvgIpc) is 3.04. The molecule has 0 aromatic heterocycles. The van der Waals surface area contributed by atoms with E-state index in [0.29, 0.717) is 10.6 Å². The molecule has 0 unspecified atom stereocenters.